The molecule has 2 heterocycles. The van der Waals surface area contributed by atoms with E-state index in [2.05, 4.69) is 23.3 Å². The number of aryl methyl sites for hydroxylation is 2. The summed E-state index contributed by atoms with van der Waals surface area (Å²) in [6.45, 7) is 2.05. The summed E-state index contributed by atoms with van der Waals surface area (Å²) in [5.41, 5.74) is 3.32. The summed E-state index contributed by atoms with van der Waals surface area (Å²) >= 11 is 1.61. The molecule has 0 saturated heterocycles. The van der Waals surface area contributed by atoms with Crippen molar-refractivity contribution in [3.63, 3.8) is 0 Å². The number of carbonyl (C=O) groups is 1. The van der Waals surface area contributed by atoms with Crippen molar-refractivity contribution in [3.05, 3.63) is 88.2 Å². The number of fused-ring (bicyclic) bond motifs is 2. The predicted molar refractivity (Wildman–Crippen MR) is 129 cm³/mol. The molecule has 2 N–H and O–H groups in total. The molecule has 0 unspecified atom stereocenters. The lowest BCUT2D eigenvalue weighted by molar-refractivity contribution is 0.102. The first-order valence-electron chi connectivity index (χ1n) is 10.0. The number of amides is 1. The minimum Gasteiger partial charge on any atom is -0.506 e. The lowest BCUT2D eigenvalue weighted by Crippen LogP contribution is -2.28. The van der Waals surface area contributed by atoms with E-state index in [0.717, 1.165) is 20.8 Å². The summed E-state index contributed by atoms with van der Waals surface area (Å²) in [5, 5.41) is 14.7. The number of nitrogens with zero attached hydrogens (tertiary/aromatic N) is 2. The van der Waals surface area contributed by atoms with Gasteiger partial charge >= 0.3 is 0 Å². The highest BCUT2D eigenvalue weighted by molar-refractivity contribution is 7.21. The standard InChI is InChI=1S/C25H19N3O3S/c1-14-7-12-18-20(13-14)32-24(27-18)15-8-10-16(11-9-15)26-23(30)21-22(29)17-5-3-4-6-19(17)28(2)25(21)31/h3-13,29H,1-2H3,(H,26,30). The van der Waals surface area contributed by atoms with Crippen LogP contribution in [0.4, 0.5) is 5.69 Å². The van der Waals surface area contributed by atoms with E-state index in [-0.39, 0.29) is 11.3 Å². The number of nitrogens with one attached hydrogen (secondary N) is 1. The number of pyridine rings is 1. The first-order valence-corrected chi connectivity index (χ1v) is 10.8. The van der Waals surface area contributed by atoms with Crippen molar-refractivity contribution >= 4 is 44.1 Å². The molecule has 5 aromatic rings. The maximum Gasteiger partial charge on any atom is 0.267 e. The molecule has 2 aromatic heterocycles. The number of rotatable bonds is 3. The van der Waals surface area contributed by atoms with E-state index in [1.807, 2.05) is 24.3 Å². The maximum atomic E-state index is 12.9. The summed E-state index contributed by atoms with van der Waals surface area (Å²) in [7, 11) is 1.58. The lowest BCUT2D eigenvalue weighted by Gasteiger charge is -2.12. The number of hydrogen-bond donors (Lipinski definition) is 2. The van der Waals surface area contributed by atoms with Gasteiger partial charge in [0.2, 0.25) is 0 Å². The zero-order valence-electron chi connectivity index (χ0n) is 17.4. The number of benzene rings is 3. The van der Waals surface area contributed by atoms with Crippen molar-refractivity contribution in [1.82, 2.24) is 9.55 Å². The number of carbonyl (C=O) groups excluding carboxylic acids is 1. The molecule has 0 aliphatic carbocycles. The molecule has 0 saturated carbocycles. The minimum absolute atomic E-state index is 0.281. The normalized spacial score (nSPS) is 11.2. The molecule has 0 radical (unpaired) electrons. The van der Waals surface area contributed by atoms with Crippen LogP contribution in [0.3, 0.4) is 0 Å². The van der Waals surface area contributed by atoms with Gasteiger partial charge in [0.1, 0.15) is 16.3 Å². The quantitative estimate of drug-likeness (QED) is 0.409. The molecule has 7 heteroatoms. The van der Waals surface area contributed by atoms with E-state index in [4.69, 9.17) is 0 Å². The summed E-state index contributed by atoms with van der Waals surface area (Å²) in [4.78, 5) is 30.3. The van der Waals surface area contributed by atoms with Crippen LogP contribution in [-0.2, 0) is 7.05 Å². The Kier molecular flexibility index (Phi) is 4.75. The van der Waals surface area contributed by atoms with Crippen LogP contribution in [0.2, 0.25) is 0 Å². The smallest absolute Gasteiger partial charge is 0.267 e. The van der Waals surface area contributed by atoms with E-state index in [1.165, 1.54) is 10.1 Å². The molecule has 0 fully saturated rings. The molecule has 1 amide bonds. The average molecular weight is 442 g/mol. The molecule has 0 bridgehead atoms. The molecule has 0 atom stereocenters. The van der Waals surface area contributed by atoms with Crippen molar-refractivity contribution in [2.75, 3.05) is 5.32 Å². The van der Waals surface area contributed by atoms with Crippen molar-refractivity contribution in [2.24, 2.45) is 7.05 Å². The zero-order valence-corrected chi connectivity index (χ0v) is 18.2. The Balaban J connectivity index is 1.45. The molecule has 0 aliphatic rings. The average Bonchev–Trinajstić information content (AvgIpc) is 3.21. The molecule has 0 aliphatic heterocycles. The maximum absolute atomic E-state index is 12.9. The van der Waals surface area contributed by atoms with Gasteiger partial charge in [-0.1, -0.05) is 18.2 Å². The van der Waals surface area contributed by atoms with Gasteiger partial charge in [-0.05, 0) is 61.0 Å². The van der Waals surface area contributed by atoms with Gasteiger partial charge < -0.3 is 15.0 Å². The summed E-state index contributed by atoms with van der Waals surface area (Å²) in [5.74, 6) is -0.973. The first kappa shape index (κ1) is 20.0. The van der Waals surface area contributed by atoms with Crippen LogP contribution in [0.1, 0.15) is 15.9 Å². The number of hydrogen-bond acceptors (Lipinski definition) is 5. The van der Waals surface area contributed by atoms with Crippen molar-refractivity contribution in [2.45, 2.75) is 6.92 Å². The molecule has 5 rings (SSSR count). The highest BCUT2D eigenvalue weighted by Gasteiger charge is 2.21. The number of para-hydroxylation sites is 1. The Morgan fingerprint density at radius 3 is 2.59 bits per heavy atom. The summed E-state index contributed by atoms with van der Waals surface area (Å²) in [6.07, 6.45) is 0. The SMILES string of the molecule is Cc1ccc2nc(-c3ccc(NC(=O)c4c(O)c5ccccc5n(C)c4=O)cc3)sc2c1. The van der Waals surface area contributed by atoms with Crippen LogP contribution in [0, 0.1) is 6.92 Å². The van der Waals surface area contributed by atoms with Crippen LogP contribution in [-0.4, -0.2) is 20.6 Å². The Hall–Kier alpha value is -3.97. The van der Waals surface area contributed by atoms with Gasteiger partial charge in [-0.25, -0.2) is 4.98 Å². The third-order valence-electron chi connectivity index (χ3n) is 5.44. The number of anilines is 1. The Morgan fingerprint density at radius 2 is 1.81 bits per heavy atom. The molecular weight excluding hydrogens is 422 g/mol. The molecule has 6 nitrogen and oxygen atoms in total. The topological polar surface area (TPSA) is 84.2 Å². The second-order valence-electron chi connectivity index (χ2n) is 7.63. The Bertz CT molecular complexity index is 1570. The fourth-order valence-electron chi connectivity index (χ4n) is 3.73. The molecule has 0 spiro atoms. The number of thiazole rings is 1. The third-order valence-corrected chi connectivity index (χ3v) is 6.50. The second-order valence-corrected chi connectivity index (χ2v) is 8.66. The summed E-state index contributed by atoms with van der Waals surface area (Å²) in [6, 6.07) is 20.3. The number of aromatic hydroxyl groups is 1. The largest absolute Gasteiger partial charge is 0.506 e. The lowest BCUT2D eigenvalue weighted by atomic mass is 10.1. The zero-order chi connectivity index (χ0) is 22.4. The van der Waals surface area contributed by atoms with Gasteiger partial charge in [-0.3, -0.25) is 9.59 Å². The van der Waals surface area contributed by atoms with Crippen molar-refractivity contribution in [3.8, 4) is 16.3 Å². The first-order chi connectivity index (χ1) is 15.4. The molecule has 32 heavy (non-hydrogen) atoms. The molecule has 3 aromatic carbocycles. The fourth-order valence-corrected chi connectivity index (χ4v) is 4.80. The fraction of sp³-hybridized carbons (Fsp3) is 0.0800. The van der Waals surface area contributed by atoms with E-state index < -0.39 is 11.5 Å². The van der Waals surface area contributed by atoms with Crippen LogP contribution in [0.25, 0.3) is 31.7 Å². The molecule has 158 valence electrons. The van der Waals surface area contributed by atoms with Gasteiger partial charge in [-0.2, -0.15) is 0 Å². The van der Waals surface area contributed by atoms with Gasteiger partial charge in [0.15, 0.2) is 0 Å². The predicted octanol–water partition coefficient (Wildman–Crippen LogP) is 5.08. The Labute approximate surface area is 187 Å². The third kappa shape index (κ3) is 3.33. The van der Waals surface area contributed by atoms with E-state index in [1.54, 1.807) is 54.8 Å². The van der Waals surface area contributed by atoms with Crippen molar-refractivity contribution < 1.29 is 9.90 Å². The van der Waals surface area contributed by atoms with Crippen LogP contribution in [0.15, 0.2) is 71.5 Å². The van der Waals surface area contributed by atoms with E-state index in [9.17, 15) is 14.7 Å². The molecular formula is C25H19N3O3S. The van der Waals surface area contributed by atoms with Gasteiger partial charge in [0.25, 0.3) is 11.5 Å². The van der Waals surface area contributed by atoms with E-state index in [0.29, 0.717) is 16.6 Å². The summed E-state index contributed by atoms with van der Waals surface area (Å²) < 4.78 is 2.49. The monoisotopic (exact) mass is 441 g/mol. The Morgan fingerprint density at radius 1 is 1.06 bits per heavy atom. The highest BCUT2D eigenvalue weighted by Crippen LogP contribution is 2.31. The second kappa shape index (κ2) is 7.62. The van der Waals surface area contributed by atoms with Crippen LogP contribution >= 0.6 is 11.3 Å². The van der Waals surface area contributed by atoms with Gasteiger partial charge in [0.05, 0.1) is 15.7 Å². The van der Waals surface area contributed by atoms with Gasteiger partial charge in [-0.15, -0.1) is 11.3 Å². The minimum atomic E-state index is -0.655. The number of aromatic nitrogens is 2. The highest BCUT2D eigenvalue weighted by atomic mass is 32.1. The van der Waals surface area contributed by atoms with Gasteiger partial charge in [0, 0.05) is 23.7 Å². The van der Waals surface area contributed by atoms with Crippen LogP contribution < -0.4 is 10.9 Å². The van der Waals surface area contributed by atoms with Crippen molar-refractivity contribution in [1.29, 1.82) is 0 Å². The van der Waals surface area contributed by atoms with E-state index >= 15 is 0 Å². The van der Waals surface area contributed by atoms with Crippen LogP contribution in [0.5, 0.6) is 5.75 Å².